The molecule has 4 rings (SSSR count). The first-order chi connectivity index (χ1) is 20.8. The normalized spacial score (nSPS) is 12.4. The van der Waals surface area contributed by atoms with Crippen LogP contribution >= 0.6 is 0 Å². The monoisotopic (exact) mass is 685 g/mol. The Balaban J connectivity index is 1.85. The van der Waals surface area contributed by atoms with Crippen molar-refractivity contribution >= 4 is 81.8 Å². The molecule has 0 radical (unpaired) electrons. The highest BCUT2D eigenvalue weighted by atomic mass is 32.2. The van der Waals surface area contributed by atoms with E-state index in [1.807, 2.05) is 0 Å². The second kappa shape index (κ2) is 12.2. The van der Waals surface area contributed by atoms with Gasteiger partial charge in [-0.05, 0) is 54.8 Å². The molecule has 3 aromatic carbocycles. The maximum atomic E-state index is 13.8. The number of aromatic nitrogens is 3. The van der Waals surface area contributed by atoms with Gasteiger partial charge >= 0.3 is 12.1 Å². The van der Waals surface area contributed by atoms with Crippen molar-refractivity contribution in [1.82, 2.24) is 15.0 Å². The minimum Gasteiger partial charge on any atom is -0.354 e. The largest absolute Gasteiger partial charge is 0.354 e. The van der Waals surface area contributed by atoms with Crippen LogP contribution in [0.4, 0.5) is 43.8 Å². The predicted octanol–water partition coefficient (Wildman–Crippen LogP) is 2.99. The minimum atomic E-state index is -5.17. The van der Waals surface area contributed by atoms with Crippen LogP contribution in [0.1, 0.15) is 6.92 Å². The van der Waals surface area contributed by atoms with E-state index >= 15 is 0 Å². The van der Waals surface area contributed by atoms with Crippen molar-refractivity contribution < 1.29 is 48.1 Å². The SMILES string of the molecule is CCNc1nc(F)nc(Nc2ccc(N=Nc3cc4c(S(=O)(=O)O)cc(S(=O)(=O)O)cc4cc3S(=O)(=O)O)c(NC(N)=O)c2)n1. The summed E-state index contributed by atoms with van der Waals surface area (Å²) in [6, 6.07) is 5.24. The van der Waals surface area contributed by atoms with Gasteiger partial charge in [0.05, 0.1) is 10.6 Å². The van der Waals surface area contributed by atoms with E-state index in [-0.39, 0.29) is 29.0 Å². The number of carbonyl (C=O) groups is 1. The van der Waals surface area contributed by atoms with Gasteiger partial charge in [0.1, 0.15) is 21.2 Å². The zero-order valence-electron chi connectivity index (χ0n) is 22.4. The number of azo groups is 1. The molecule has 23 heteroatoms. The molecule has 45 heavy (non-hydrogen) atoms. The molecule has 1 heterocycles. The molecule has 0 unspecified atom stereocenters. The van der Waals surface area contributed by atoms with Crippen molar-refractivity contribution in [2.75, 3.05) is 22.5 Å². The van der Waals surface area contributed by atoms with E-state index in [9.17, 15) is 48.1 Å². The van der Waals surface area contributed by atoms with Crippen LogP contribution < -0.4 is 21.7 Å². The molecule has 0 aliphatic heterocycles. The summed E-state index contributed by atoms with van der Waals surface area (Å²) in [5.74, 6) is -0.289. The van der Waals surface area contributed by atoms with E-state index in [1.165, 1.54) is 18.2 Å². The highest BCUT2D eigenvalue weighted by Crippen LogP contribution is 2.37. The molecule has 238 valence electrons. The highest BCUT2D eigenvalue weighted by molar-refractivity contribution is 7.87. The standard InChI is InChI=1S/C22H20FN9O10S3/c1-2-25-21-28-19(23)29-22(30-21)26-11-3-4-14(15(7-11)27-20(24)33)31-32-16-9-13-10(6-18(16)45(40,41)42)5-12(43(34,35)36)8-17(13)44(37,38)39/h3-9H,2H2,1H3,(H3,24,27,33)(H,34,35,36)(H,37,38,39)(H,40,41,42)(H2,25,26,28,29,30). The second-order valence-corrected chi connectivity index (χ2v) is 12.9. The molecule has 1 aromatic heterocycles. The summed E-state index contributed by atoms with van der Waals surface area (Å²) in [6.45, 7) is 2.11. The van der Waals surface area contributed by atoms with Crippen LogP contribution in [0.2, 0.25) is 0 Å². The van der Waals surface area contributed by atoms with E-state index in [0.717, 1.165) is 6.07 Å². The van der Waals surface area contributed by atoms with E-state index in [2.05, 4.69) is 41.1 Å². The Morgan fingerprint density at radius 1 is 0.844 bits per heavy atom. The van der Waals surface area contributed by atoms with Crippen molar-refractivity contribution in [1.29, 1.82) is 0 Å². The smallest absolute Gasteiger partial charge is 0.316 e. The zero-order valence-corrected chi connectivity index (χ0v) is 24.8. The highest BCUT2D eigenvalue weighted by Gasteiger charge is 2.24. The number of nitrogens with two attached hydrogens (primary N) is 1. The number of hydrogen-bond donors (Lipinski definition) is 7. The molecule has 0 spiro atoms. The lowest BCUT2D eigenvalue weighted by molar-refractivity contribution is 0.259. The van der Waals surface area contributed by atoms with Crippen molar-refractivity contribution in [3.63, 3.8) is 0 Å². The van der Waals surface area contributed by atoms with Gasteiger partial charge in [0.25, 0.3) is 30.4 Å². The number of urea groups is 1. The Hall–Kier alpha value is -4.94. The van der Waals surface area contributed by atoms with E-state index in [1.54, 1.807) is 6.92 Å². The average molecular weight is 686 g/mol. The first-order valence-electron chi connectivity index (χ1n) is 11.9. The summed E-state index contributed by atoms with van der Waals surface area (Å²) in [4.78, 5) is 19.6. The molecule has 0 aliphatic rings. The average Bonchev–Trinajstić information content (AvgIpc) is 2.89. The number of nitrogens with one attached hydrogen (secondary N) is 3. The predicted molar refractivity (Wildman–Crippen MR) is 154 cm³/mol. The van der Waals surface area contributed by atoms with Gasteiger partial charge in [0, 0.05) is 17.6 Å². The molecule has 0 saturated carbocycles. The van der Waals surface area contributed by atoms with Crippen molar-refractivity contribution in [2.45, 2.75) is 21.6 Å². The van der Waals surface area contributed by atoms with Gasteiger partial charge in [-0.25, -0.2) is 4.79 Å². The van der Waals surface area contributed by atoms with Crippen LogP contribution in [0.15, 0.2) is 67.4 Å². The summed E-state index contributed by atoms with van der Waals surface area (Å²) in [7, 11) is -15.4. The number of primary amides is 1. The third kappa shape index (κ3) is 7.97. The van der Waals surface area contributed by atoms with Gasteiger partial charge in [-0.3, -0.25) is 13.7 Å². The third-order valence-corrected chi connectivity index (χ3v) is 8.15. The molecule has 0 fully saturated rings. The number of fused-ring (bicyclic) bond motifs is 1. The van der Waals surface area contributed by atoms with Crippen LogP contribution in [-0.4, -0.2) is 66.4 Å². The number of nitrogens with zero attached hydrogens (tertiary/aromatic N) is 5. The molecule has 0 atom stereocenters. The summed E-state index contributed by atoms with van der Waals surface area (Å²) in [5.41, 5.74) is 4.40. The van der Waals surface area contributed by atoms with Gasteiger partial charge in [-0.2, -0.15) is 44.6 Å². The van der Waals surface area contributed by atoms with E-state index in [4.69, 9.17) is 5.73 Å². The molecule has 0 saturated heterocycles. The number of carbonyl (C=O) groups excluding carboxylic acids is 1. The van der Waals surface area contributed by atoms with Crippen molar-refractivity contribution in [3.8, 4) is 0 Å². The van der Waals surface area contributed by atoms with Crippen LogP contribution in [0.5, 0.6) is 0 Å². The van der Waals surface area contributed by atoms with Gasteiger partial charge in [-0.1, -0.05) is 0 Å². The van der Waals surface area contributed by atoms with Crippen LogP contribution in [-0.2, 0) is 30.4 Å². The topological polar surface area (TPSA) is 306 Å². The summed E-state index contributed by atoms with van der Waals surface area (Å²) >= 11 is 0. The third-order valence-electron chi connectivity index (χ3n) is 5.54. The van der Waals surface area contributed by atoms with Crippen molar-refractivity contribution in [3.05, 3.63) is 48.5 Å². The quantitative estimate of drug-likeness (QED) is 0.0932. The van der Waals surface area contributed by atoms with Crippen LogP contribution in [0.3, 0.4) is 0 Å². The molecule has 4 aromatic rings. The number of benzene rings is 3. The fraction of sp³-hybridized carbons (Fsp3) is 0.0909. The van der Waals surface area contributed by atoms with Gasteiger partial charge in [0.2, 0.25) is 11.9 Å². The molecule has 2 amide bonds. The Kier molecular flexibility index (Phi) is 8.95. The van der Waals surface area contributed by atoms with Crippen LogP contribution in [0, 0.1) is 6.08 Å². The number of hydrogen-bond acceptors (Lipinski definition) is 14. The molecule has 0 aliphatic carbocycles. The minimum absolute atomic E-state index is 0.0650. The summed E-state index contributed by atoms with van der Waals surface area (Å²) < 4.78 is 114. The number of halogens is 1. The van der Waals surface area contributed by atoms with E-state index < -0.39 is 73.6 Å². The first-order valence-corrected chi connectivity index (χ1v) is 16.3. The van der Waals surface area contributed by atoms with E-state index in [0.29, 0.717) is 24.7 Å². The fourth-order valence-electron chi connectivity index (χ4n) is 3.78. The van der Waals surface area contributed by atoms with Gasteiger partial charge < -0.3 is 21.7 Å². The Morgan fingerprint density at radius 3 is 2.09 bits per heavy atom. The first kappa shape index (κ1) is 33.0. The molecule has 8 N–H and O–H groups in total. The second-order valence-electron chi connectivity index (χ2n) is 8.72. The zero-order chi connectivity index (χ0) is 33.3. The van der Waals surface area contributed by atoms with Crippen LogP contribution in [0.25, 0.3) is 10.8 Å². The van der Waals surface area contributed by atoms with Crippen molar-refractivity contribution in [2.24, 2.45) is 16.0 Å². The lowest BCUT2D eigenvalue weighted by atomic mass is 10.1. The number of amides is 2. The number of rotatable bonds is 10. The Labute approximate surface area is 253 Å². The maximum Gasteiger partial charge on any atom is 0.316 e. The fourth-order valence-corrected chi connectivity index (χ4v) is 5.77. The molecule has 19 nitrogen and oxygen atoms in total. The lowest BCUT2D eigenvalue weighted by Crippen LogP contribution is -2.19. The maximum absolute atomic E-state index is 13.8. The number of anilines is 4. The summed E-state index contributed by atoms with van der Waals surface area (Å²) in [6.07, 6.45) is -1.10. The molecular formula is C22H20FN9O10S3. The Morgan fingerprint density at radius 2 is 1.49 bits per heavy atom. The Bertz CT molecular complexity index is 2220. The lowest BCUT2D eigenvalue weighted by Gasteiger charge is -2.11. The van der Waals surface area contributed by atoms with Gasteiger partial charge in [-0.15, -0.1) is 10.2 Å². The van der Waals surface area contributed by atoms with Gasteiger partial charge in [0.15, 0.2) is 0 Å². The summed E-state index contributed by atoms with van der Waals surface area (Å²) in [5, 5.41) is 14.3. The molecule has 0 bridgehead atoms. The molecular weight excluding hydrogens is 665 g/mol.